The van der Waals surface area contributed by atoms with Gasteiger partial charge in [-0.05, 0) is 40.8 Å². The summed E-state index contributed by atoms with van der Waals surface area (Å²) in [5.41, 5.74) is 4.13. The monoisotopic (exact) mass is 403 g/mol. The summed E-state index contributed by atoms with van der Waals surface area (Å²) in [4.78, 5) is 3.58. The van der Waals surface area contributed by atoms with Crippen molar-refractivity contribution in [1.29, 1.82) is 0 Å². The lowest BCUT2D eigenvalue weighted by molar-refractivity contribution is 0.182. The van der Waals surface area contributed by atoms with Gasteiger partial charge in [0.15, 0.2) is 0 Å². The summed E-state index contributed by atoms with van der Waals surface area (Å²) in [5, 5.41) is 0. The number of sulfonamides is 1. The first-order chi connectivity index (χ1) is 13.0. The van der Waals surface area contributed by atoms with E-state index in [0.29, 0.717) is 13.1 Å². The van der Waals surface area contributed by atoms with Gasteiger partial charge in [0.1, 0.15) is 0 Å². The van der Waals surface area contributed by atoms with Gasteiger partial charge in [-0.25, -0.2) is 12.7 Å². The molecule has 1 fully saturated rings. The Kier molecular flexibility index (Phi) is 5.57. The van der Waals surface area contributed by atoms with Crippen molar-refractivity contribution in [3.05, 3.63) is 65.2 Å². The highest BCUT2D eigenvalue weighted by atomic mass is 32.2. The first-order valence-electron chi connectivity index (χ1n) is 9.23. The van der Waals surface area contributed by atoms with Crippen molar-refractivity contribution in [3.8, 4) is 0 Å². The second-order valence-corrected chi connectivity index (χ2v) is 10.4. The van der Waals surface area contributed by atoms with Crippen LogP contribution in [0.25, 0.3) is 0 Å². The molecule has 144 valence electrons. The van der Waals surface area contributed by atoms with Crippen LogP contribution >= 0.6 is 11.9 Å². The molecule has 7 heteroatoms. The van der Waals surface area contributed by atoms with Crippen LogP contribution in [0.4, 0.5) is 0 Å². The van der Waals surface area contributed by atoms with Gasteiger partial charge < -0.3 is 0 Å². The third-order valence-corrected chi connectivity index (χ3v) is 7.48. The minimum Gasteiger partial charge on any atom is -0.296 e. The van der Waals surface area contributed by atoms with Crippen LogP contribution < -0.4 is 0 Å². The maximum atomic E-state index is 11.6. The largest absolute Gasteiger partial charge is 0.296 e. The van der Waals surface area contributed by atoms with Crippen LogP contribution in [0.5, 0.6) is 0 Å². The van der Waals surface area contributed by atoms with Gasteiger partial charge in [-0.15, -0.1) is 0 Å². The van der Waals surface area contributed by atoms with Crippen molar-refractivity contribution in [2.45, 2.75) is 24.5 Å². The van der Waals surface area contributed by atoms with Gasteiger partial charge in [-0.2, -0.15) is 4.31 Å². The minimum atomic E-state index is -3.06. The summed E-state index contributed by atoms with van der Waals surface area (Å²) in [7, 11) is -3.06. The summed E-state index contributed by atoms with van der Waals surface area (Å²) in [6, 6.07) is 17.4. The van der Waals surface area contributed by atoms with Gasteiger partial charge in [-0.3, -0.25) is 4.90 Å². The van der Waals surface area contributed by atoms with Crippen LogP contribution in [0.3, 0.4) is 0 Å². The zero-order valence-electron chi connectivity index (χ0n) is 15.5. The van der Waals surface area contributed by atoms with Gasteiger partial charge in [0.05, 0.1) is 6.26 Å². The van der Waals surface area contributed by atoms with Crippen molar-refractivity contribution < 1.29 is 8.42 Å². The number of benzene rings is 2. The van der Waals surface area contributed by atoms with Gasteiger partial charge in [0, 0.05) is 50.7 Å². The van der Waals surface area contributed by atoms with E-state index in [1.54, 1.807) is 4.31 Å². The highest BCUT2D eigenvalue weighted by molar-refractivity contribution is 7.97. The molecule has 27 heavy (non-hydrogen) atoms. The average Bonchev–Trinajstić information content (AvgIpc) is 3.05. The molecule has 0 aromatic heterocycles. The Hall–Kier alpha value is -1.38. The molecular weight excluding hydrogens is 378 g/mol. The summed E-state index contributed by atoms with van der Waals surface area (Å²) in [6.07, 6.45) is 1.29. The molecule has 2 aromatic rings. The minimum absolute atomic E-state index is 0.586. The van der Waals surface area contributed by atoms with E-state index in [9.17, 15) is 8.42 Å². The van der Waals surface area contributed by atoms with E-state index in [2.05, 4.69) is 57.7 Å². The van der Waals surface area contributed by atoms with E-state index >= 15 is 0 Å². The predicted molar refractivity (Wildman–Crippen MR) is 110 cm³/mol. The molecule has 4 rings (SSSR count). The second kappa shape index (κ2) is 7.93. The van der Waals surface area contributed by atoms with E-state index in [-0.39, 0.29) is 0 Å². The van der Waals surface area contributed by atoms with E-state index < -0.39 is 10.0 Å². The van der Waals surface area contributed by atoms with Crippen LogP contribution in [0.15, 0.2) is 53.4 Å². The quantitative estimate of drug-likeness (QED) is 0.719. The van der Waals surface area contributed by atoms with Gasteiger partial charge in [-0.1, -0.05) is 36.4 Å². The third kappa shape index (κ3) is 4.73. The van der Waals surface area contributed by atoms with E-state index in [4.69, 9.17) is 0 Å². The molecule has 0 spiro atoms. The maximum absolute atomic E-state index is 11.6. The van der Waals surface area contributed by atoms with Crippen molar-refractivity contribution >= 4 is 22.0 Å². The highest BCUT2D eigenvalue weighted by Gasteiger charge is 2.23. The molecule has 0 N–H and O–H groups in total. The number of hydrogen-bond acceptors (Lipinski definition) is 5. The van der Waals surface area contributed by atoms with Crippen LogP contribution in [0.1, 0.15) is 16.7 Å². The SMILES string of the molecule is CS(=O)(=O)N1CCN(Cc2ccc(SN3Cc4ccccc4C3)cc2)CC1. The maximum Gasteiger partial charge on any atom is 0.211 e. The Balaban J connectivity index is 1.29. The predicted octanol–water partition coefficient (Wildman–Crippen LogP) is 2.79. The third-order valence-electron chi connectivity index (χ3n) is 5.18. The number of fused-ring (bicyclic) bond motifs is 1. The van der Waals surface area contributed by atoms with Crippen LogP contribution in [-0.2, 0) is 29.7 Å². The van der Waals surface area contributed by atoms with Crippen LogP contribution in [0.2, 0.25) is 0 Å². The van der Waals surface area contributed by atoms with Crippen molar-refractivity contribution in [2.24, 2.45) is 0 Å². The summed E-state index contributed by atoms with van der Waals surface area (Å²) in [5.74, 6) is 0. The zero-order chi connectivity index (χ0) is 18.9. The molecular formula is C20H25N3O2S2. The standard InChI is InChI=1S/C20H25N3O2S2/c1-27(24,25)23-12-10-21(11-13-23)14-17-6-8-20(9-7-17)26-22-15-18-4-2-3-5-19(18)16-22/h2-9H,10-16H2,1H3. The Morgan fingerprint density at radius 1 is 0.889 bits per heavy atom. The topological polar surface area (TPSA) is 43.9 Å². The Bertz CT molecular complexity index is 867. The average molecular weight is 404 g/mol. The summed E-state index contributed by atoms with van der Waals surface area (Å²) >= 11 is 1.81. The molecule has 0 saturated carbocycles. The Morgan fingerprint density at radius 3 is 2.04 bits per heavy atom. The second-order valence-electron chi connectivity index (χ2n) is 7.24. The first-order valence-corrected chi connectivity index (χ1v) is 11.9. The molecule has 1 saturated heterocycles. The Labute approximate surface area is 166 Å². The number of piperazine rings is 1. The lowest BCUT2D eigenvalue weighted by Gasteiger charge is -2.33. The molecule has 0 amide bonds. The smallest absolute Gasteiger partial charge is 0.211 e. The van der Waals surface area contributed by atoms with Crippen LogP contribution in [0, 0.1) is 0 Å². The lowest BCUT2D eigenvalue weighted by Crippen LogP contribution is -2.47. The molecule has 5 nitrogen and oxygen atoms in total. The fraction of sp³-hybridized carbons (Fsp3) is 0.400. The summed E-state index contributed by atoms with van der Waals surface area (Å²) in [6.45, 7) is 5.61. The molecule has 0 radical (unpaired) electrons. The van der Waals surface area contributed by atoms with Gasteiger partial charge >= 0.3 is 0 Å². The molecule has 2 aliphatic rings. The zero-order valence-corrected chi connectivity index (χ0v) is 17.2. The molecule has 0 bridgehead atoms. The summed E-state index contributed by atoms with van der Waals surface area (Å²) < 4.78 is 27.2. The van der Waals surface area contributed by atoms with Crippen molar-refractivity contribution in [1.82, 2.24) is 13.5 Å². The lowest BCUT2D eigenvalue weighted by atomic mass is 10.1. The van der Waals surface area contributed by atoms with Gasteiger partial charge in [0.25, 0.3) is 0 Å². The van der Waals surface area contributed by atoms with Crippen molar-refractivity contribution in [2.75, 3.05) is 32.4 Å². The van der Waals surface area contributed by atoms with Gasteiger partial charge in [0.2, 0.25) is 10.0 Å². The number of hydrogen-bond donors (Lipinski definition) is 0. The van der Waals surface area contributed by atoms with E-state index in [0.717, 1.165) is 32.7 Å². The van der Waals surface area contributed by atoms with Crippen molar-refractivity contribution in [3.63, 3.8) is 0 Å². The molecule has 0 unspecified atom stereocenters. The fourth-order valence-electron chi connectivity index (χ4n) is 3.65. The number of nitrogens with zero attached hydrogens (tertiary/aromatic N) is 3. The molecule has 2 aromatic carbocycles. The molecule has 2 heterocycles. The number of rotatable bonds is 5. The van der Waals surface area contributed by atoms with E-state index in [1.165, 1.54) is 27.8 Å². The Morgan fingerprint density at radius 2 is 1.48 bits per heavy atom. The first kappa shape index (κ1) is 19.0. The normalized spacial score (nSPS) is 19.3. The molecule has 2 aliphatic heterocycles. The molecule has 0 atom stereocenters. The fourth-order valence-corrected chi connectivity index (χ4v) is 5.44. The van der Waals surface area contributed by atoms with Crippen LogP contribution in [-0.4, -0.2) is 54.4 Å². The highest BCUT2D eigenvalue weighted by Crippen LogP contribution is 2.32. The van der Waals surface area contributed by atoms with E-state index in [1.807, 2.05) is 11.9 Å². The molecule has 0 aliphatic carbocycles.